The maximum atomic E-state index is 12.4. The van der Waals surface area contributed by atoms with E-state index in [0.29, 0.717) is 22.3 Å². The number of rotatable bonds is 5. The Morgan fingerprint density at radius 2 is 1.83 bits per heavy atom. The third-order valence-corrected chi connectivity index (χ3v) is 4.18. The number of nitrogens with one attached hydrogen (secondary N) is 1. The summed E-state index contributed by atoms with van der Waals surface area (Å²) in [7, 11) is 0. The van der Waals surface area contributed by atoms with E-state index in [2.05, 4.69) is 5.32 Å². The van der Waals surface area contributed by atoms with Crippen molar-refractivity contribution in [2.75, 3.05) is 16.8 Å². The lowest BCUT2D eigenvalue weighted by atomic mass is 10.2. The Morgan fingerprint density at radius 1 is 1.08 bits per heavy atom. The first-order chi connectivity index (χ1) is 11.4. The van der Waals surface area contributed by atoms with Crippen LogP contribution in [0.1, 0.15) is 18.9 Å². The quantitative estimate of drug-likeness (QED) is 0.782. The fraction of sp³-hybridized carbons (Fsp3) is 0.222. The molecule has 2 aromatic rings. The van der Waals surface area contributed by atoms with Crippen molar-refractivity contribution in [1.82, 2.24) is 0 Å². The zero-order valence-electron chi connectivity index (χ0n) is 13.5. The molecule has 24 heavy (non-hydrogen) atoms. The maximum Gasteiger partial charge on any atom is 0.236 e. The minimum Gasteiger partial charge on any atom is -0.326 e. The third kappa shape index (κ3) is 4.73. The molecule has 6 heteroatoms. The molecule has 0 heterocycles. The lowest BCUT2D eigenvalue weighted by Crippen LogP contribution is -2.33. The van der Waals surface area contributed by atoms with Crippen LogP contribution in [-0.2, 0) is 9.59 Å². The van der Waals surface area contributed by atoms with Crippen molar-refractivity contribution in [3.8, 4) is 0 Å². The lowest BCUT2D eigenvalue weighted by molar-refractivity contribution is -0.125. The largest absolute Gasteiger partial charge is 0.326 e. The molecule has 2 aromatic carbocycles. The zero-order valence-corrected chi connectivity index (χ0v) is 15.0. The van der Waals surface area contributed by atoms with Crippen LogP contribution in [0.5, 0.6) is 0 Å². The summed E-state index contributed by atoms with van der Waals surface area (Å²) in [5, 5.41) is 3.40. The molecule has 1 N–H and O–H groups in total. The minimum atomic E-state index is -0.399. The Balaban J connectivity index is 2.04. The van der Waals surface area contributed by atoms with E-state index in [0.717, 1.165) is 11.3 Å². The molecule has 126 valence electrons. The molecule has 0 atom stereocenters. The van der Waals surface area contributed by atoms with Crippen molar-refractivity contribution in [3.63, 3.8) is 0 Å². The number of hydrogen-bond acceptors (Lipinski definition) is 2. The predicted molar refractivity (Wildman–Crippen MR) is 98.9 cm³/mol. The molecule has 0 bridgehead atoms. The Labute approximate surface area is 151 Å². The summed E-state index contributed by atoms with van der Waals surface area (Å²) in [6.07, 6.45) is -0.248. The van der Waals surface area contributed by atoms with E-state index in [1.807, 2.05) is 38.1 Å². The highest BCUT2D eigenvalue weighted by Crippen LogP contribution is 2.25. The van der Waals surface area contributed by atoms with Gasteiger partial charge in [0.2, 0.25) is 11.8 Å². The lowest BCUT2D eigenvalue weighted by Gasteiger charge is -2.21. The summed E-state index contributed by atoms with van der Waals surface area (Å²) >= 11 is 11.7. The summed E-state index contributed by atoms with van der Waals surface area (Å²) in [6, 6.07) is 12.4. The van der Waals surface area contributed by atoms with Crippen molar-refractivity contribution in [1.29, 1.82) is 0 Å². The molecular weight excluding hydrogens is 347 g/mol. The number of hydrogen-bond donors (Lipinski definition) is 1. The summed E-state index contributed by atoms with van der Waals surface area (Å²) in [5.74, 6) is -0.662. The highest BCUT2D eigenvalue weighted by atomic mass is 35.5. The first kappa shape index (κ1) is 18.3. The Bertz CT molecular complexity index is 762. The van der Waals surface area contributed by atoms with Gasteiger partial charge in [-0.15, -0.1) is 0 Å². The van der Waals surface area contributed by atoms with E-state index in [9.17, 15) is 9.59 Å². The third-order valence-electron chi connectivity index (χ3n) is 3.45. The van der Waals surface area contributed by atoms with Gasteiger partial charge in [-0.1, -0.05) is 35.3 Å². The molecular formula is C18H18Cl2N2O2. The van der Waals surface area contributed by atoms with Gasteiger partial charge in [-0.3, -0.25) is 9.59 Å². The smallest absolute Gasteiger partial charge is 0.236 e. The van der Waals surface area contributed by atoms with Crippen molar-refractivity contribution >= 4 is 46.4 Å². The maximum absolute atomic E-state index is 12.4. The van der Waals surface area contributed by atoms with Crippen LogP contribution in [0.4, 0.5) is 11.4 Å². The molecule has 2 rings (SSSR count). The van der Waals surface area contributed by atoms with Crippen LogP contribution >= 0.6 is 23.2 Å². The molecule has 0 fully saturated rings. The van der Waals surface area contributed by atoms with Crippen molar-refractivity contribution < 1.29 is 9.59 Å². The van der Waals surface area contributed by atoms with Gasteiger partial charge in [-0.25, -0.2) is 0 Å². The van der Waals surface area contributed by atoms with Crippen molar-refractivity contribution in [2.45, 2.75) is 20.3 Å². The van der Waals surface area contributed by atoms with Gasteiger partial charge in [0.25, 0.3) is 0 Å². The standard InChI is InChI=1S/C18H18Cl2N2O2/c1-3-22(14-6-4-5-12(2)9-14)18(24)11-17(23)21-13-7-8-15(19)16(20)10-13/h4-10H,3,11H2,1-2H3,(H,21,23). The first-order valence-corrected chi connectivity index (χ1v) is 8.28. The SMILES string of the molecule is CCN(C(=O)CC(=O)Nc1ccc(Cl)c(Cl)c1)c1cccc(C)c1. The Kier molecular flexibility index (Phi) is 6.23. The minimum absolute atomic E-state index is 0.248. The molecule has 0 saturated heterocycles. The van der Waals surface area contributed by atoms with Crippen LogP contribution in [0.15, 0.2) is 42.5 Å². The van der Waals surface area contributed by atoms with Crippen LogP contribution in [0, 0.1) is 6.92 Å². The number of nitrogens with zero attached hydrogens (tertiary/aromatic N) is 1. The van der Waals surface area contributed by atoms with Gasteiger partial charge >= 0.3 is 0 Å². The van der Waals surface area contributed by atoms with Crippen LogP contribution in [0.25, 0.3) is 0 Å². The molecule has 0 saturated carbocycles. The fourth-order valence-electron chi connectivity index (χ4n) is 2.31. The second-order valence-electron chi connectivity index (χ2n) is 5.33. The van der Waals surface area contributed by atoms with E-state index in [1.165, 1.54) is 0 Å². The Morgan fingerprint density at radius 3 is 2.46 bits per heavy atom. The highest BCUT2D eigenvalue weighted by molar-refractivity contribution is 6.42. The van der Waals surface area contributed by atoms with Gasteiger partial charge in [0, 0.05) is 17.9 Å². The fourth-order valence-corrected chi connectivity index (χ4v) is 2.61. The van der Waals surface area contributed by atoms with E-state index >= 15 is 0 Å². The van der Waals surface area contributed by atoms with Crippen molar-refractivity contribution in [3.05, 3.63) is 58.1 Å². The molecule has 0 radical (unpaired) electrons. The molecule has 0 spiro atoms. The topological polar surface area (TPSA) is 49.4 Å². The van der Waals surface area contributed by atoms with Gasteiger partial charge in [0.05, 0.1) is 10.0 Å². The molecule has 0 aliphatic carbocycles. The summed E-state index contributed by atoms with van der Waals surface area (Å²) in [6.45, 7) is 4.32. The normalized spacial score (nSPS) is 10.3. The molecule has 0 aliphatic heterocycles. The second kappa shape index (κ2) is 8.18. The average molecular weight is 365 g/mol. The van der Waals surface area contributed by atoms with E-state index in [-0.39, 0.29) is 12.3 Å². The van der Waals surface area contributed by atoms with Crippen LogP contribution in [0.2, 0.25) is 10.0 Å². The van der Waals surface area contributed by atoms with Gasteiger partial charge < -0.3 is 10.2 Å². The summed E-state index contributed by atoms with van der Waals surface area (Å²) in [5.41, 5.74) is 2.34. The molecule has 0 aromatic heterocycles. The van der Waals surface area contributed by atoms with Gasteiger partial charge in [-0.05, 0) is 49.7 Å². The second-order valence-corrected chi connectivity index (χ2v) is 6.15. The number of aryl methyl sites for hydroxylation is 1. The van der Waals surface area contributed by atoms with Gasteiger partial charge in [-0.2, -0.15) is 0 Å². The number of benzene rings is 2. The predicted octanol–water partition coefficient (Wildman–Crippen LogP) is 4.68. The summed E-state index contributed by atoms with van der Waals surface area (Å²) < 4.78 is 0. The van der Waals surface area contributed by atoms with Crippen LogP contribution in [-0.4, -0.2) is 18.4 Å². The van der Waals surface area contributed by atoms with Crippen LogP contribution in [0.3, 0.4) is 0 Å². The van der Waals surface area contributed by atoms with Gasteiger partial charge in [0.15, 0.2) is 0 Å². The number of amides is 2. The van der Waals surface area contributed by atoms with Crippen LogP contribution < -0.4 is 10.2 Å². The van der Waals surface area contributed by atoms with Gasteiger partial charge in [0.1, 0.15) is 6.42 Å². The zero-order chi connectivity index (χ0) is 17.7. The number of carbonyl (C=O) groups is 2. The molecule has 2 amide bonds. The number of halogens is 2. The van der Waals surface area contributed by atoms with E-state index < -0.39 is 5.91 Å². The first-order valence-electron chi connectivity index (χ1n) is 7.52. The molecule has 0 unspecified atom stereocenters. The van der Waals surface area contributed by atoms with E-state index in [4.69, 9.17) is 23.2 Å². The Hall–Kier alpha value is -2.04. The van der Waals surface area contributed by atoms with E-state index in [1.54, 1.807) is 23.1 Å². The average Bonchev–Trinajstić information content (AvgIpc) is 2.51. The molecule has 0 aliphatic rings. The number of carbonyl (C=O) groups excluding carboxylic acids is 2. The summed E-state index contributed by atoms with van der Waals surface area (Å²) in [4.78, 5) is 26.1. The highest BCUT2D eigenvalue weighted by Gasteiger charge is 2.18. The molecule has 4 nitrogen and oxygen atoms in total. The van der Waals surface area contributed by atoms with Crippen molar-refractivity contribution in [2.24, 2.45) is 0 Å². The monoisotopic (exact) mass is 364 g/mol. The number of anilines is 2.